The highest BCUT2D eigenvalue weighted by Gasteiger charge is 2.09. The van der Waals surface area contributed by atoms with E-state index in [-0.39, 0.29) is 17.1 Å². The second kappa shape index (κ2) is 4.83. The van der Waals surface area contributed by atoms with Gasteiger partial charge in [0.1, 0.15) is 23.2 Å². The normalized spacial score (nSPS) is 11.0. The molecule has 3 nitrogen and oxygen atoms in total. The summed E-state index contributed by atoms with van der Waals surface area (Å²) < 4.78 is 31.4. The molecule has 0 bridgehead atoms. The molecular weight excluding hydrogens is 242 g/mol. The van der Waals surface area contributed by atoms with Crippen LogP contribution in [0.25, 0.3) is 17.4 Å². The lowest BCUT2D eigenvalue weighted by Crippen LogP contribution is -1.85. The Morgan fingerprint density at radius 2 is 2.00 bits per heavy atom. The number of carbonyl (C=O) groups is 1. The summed E-state index contributed by atoms with van der Waals surface area (Å²) in [5.74, 6) is -2.04. The molecule has 2 rings (SSSR count). The van der Waals surface area contributed by atoms with Crippen molar-refractivity contribution >= 4 is 12.0 Å². The van der Waals surface area contributed by atoms with Crippen LogP contribution in [0, 0.1) is 11.6 Å². The molecule has 0 aliphatic rings. The second-order valence-electron chi connectivity index (χ2n) is 3.50. The lowest BCUT2D eigenvalue weighted by molar-refractivity contribution is -0.131. The van der Waals surface area contributed by atoms with Crippen molar-refractivity contribution in [3.05, 3.63) is 53.8 Å². The first-order valence-corrected chi connectivity index (χ1v) is 5.02. The summed E-state index contributed by atoms with van der Waals surface area (Å²) in [5, 5.41) is 8.44. The number of aliphatic carboxylic acids is 1. The third-order valence-electron chi connectivity index (χ3n) is 2.21. The van der Waals surface area contributed by atoms with E-state index in [0.29, 0.717) is 0 Å². The minimum absolute atomic E-state index is 0.117. The Morgan fingerprint density at radius 1 is 1.22 bits per heavy atom. The van der Waals surface area contributed by atoms with Gasteiger partial charge in [0, 0.05) is 12.1 Å². The number of carboxylic acids is 1. The summed E-state index contributed by atoms with van der Waals surface area (Å²) in [6.45, 7) is 0. The molecule has 0 atom stereocenters. The second-order valence-corrected chi connectivity index (χ2v) is 3.50. The van der Waals surface area contributed by atoms with Gasteiger partial charge in [0.05, 0.1) is 5.56 Å². The molecule has 1 aromatic carbocycles. The maximum Gasteiger partial charge on any atom is 0.328 e. The fraction of sp³-hybridized carbons (Fsp3) is 0. The van der Waals surface area contributed by atoms with Crippen LogP contribution in [0.5, 0.6) is 0 Å². The SMILES string of the molecule is O=C(O)/C=C/c1ccc(-c2ccc(F)cc2F)o1. The van der Waals surface area contributed by atoms with Crippen molar-refractivity contribution in [2.75, 3.05) is 0 Å². The smallest absolute Gasteiger partial charge is 0.328 e. The van der Waals surface area contributed by atoms with Gasteiger partial charge in [-0.25, -0.2) is 13.6 Å². The van der Waals surface area contributed by atoms with Crippen molar-refractivity contribution < 1.29 is 23.1 Å². The van der Waals surface area contributed by atoms with Crippen LogP contribution in [0.1, 0.15) is 5.76 Å². The van der Waals surface area contributed by atoms with E-state index in [4.69, 9.17) is 9.52 Å². The maximum atomic E-state index is 13.4. The van der Waals surface area contributed by atoms with Crippen LogP contribution >= 0.6 is 0 Å². The lowest BCUT2D eigenvalue weighted by Gasteiger charge is -1.98. The van der Waals surface area contributed by atoms with Gasteiger partial charge in [-0.1, -0.05) is 0 Å². The Labute approximate surface area is 101 Å². The molecule has 92 valence electrons. The quantitative estimate of drug-likeness (QED) is 0.850. The van der Waals surface area contributed by atoms with E-state index in [1.54, 1.807) is 0 Å². The summed E-state index contributed by atoms with van der Waals surface area (Å²) >= 11 is 0. The number of benzene rings is 1. The number of rotatable bonds is 3. The first-order chi connectivity index (χ1) is 8.56. The summed E-state index contributed by atoms with van der Waals surface area (Å²) in [7, 11) is 0. The van der Waals surface area contributed by atoms with Gasteiger partial charge in [-0.05, 0) is 30.3 Å². The fourth-order valence-corrected chi connectivity index (χ4v) is 1.43. The number of halogens is 2. The molecule has 1 heterocycles. The standard InChI is InChI=1S/C13H8F2O3/c14-8-1-4-10(11(15)7-8)12-5-2-9(18-12)3-6-13(16)17/h1-7H,(H,16,17)/b6-3+. The molecule has 0 unspecified atom stereocenters. The van der Waals surface area contributed by atoms with Crippen molar-refractivity contribution in [2.45, 2.75) is 0 Å². The minimum atomic E-state index is -1.11. The van der Waals surface area contributed by atoms with E-state index in [1.165, 1.54) is 24.3 Å². The zero-order valence-electron chi connectivity index (χ0n) is 9.06. The highest BCUT2D eigenvalue weighted by Crippen LogP contribution is 2.25. The van der Waals surface area contributed by atoms with Gasteiger partial charge in [0.15, 0.2) is 0 Å². The number of carboxylic acid groups (broad SMARTS) is 1. The highest BCUT2D eigenvalue weighted by atomic mass is 19.1. The fourth-order valence-electron chi connectivity index (χ4n) is 1.43. The van der Waals surface area contributed by atoms with Crippen LogP contribution in [-0.4, -0.2) is 11.1 Å². The van der Waals surface area contributed by atoms with Crippen molar-refractivity contribution in [1.82, 2.24) is 0 Å². The van der Waals surface area contributed by atoms with Gasteiger partial charge in [-0.15, -0.1) is 0 Å². The zero-order chi connectivity index (χ0) is 13.1. The number of hydrogen-bond donors (Lipinski definition) is 1. The van der Waals surface area contributed by atoms with Gasteiger partial charge in [-0.2, -0.15) is 0 Å². The predicted octanol–water partition coefficient (Wildman–Crippen LogP) is 3.32. The van der Waals surface area contributed by atoms with Gasteiger partial charge in [-0.3, -0.25) is 0 Å². The minimum Gasteiger partial charge on any atom is -0.478 e. The van der Waals surface area contributed by atoms with E-state index in [2.05, 4.69) is 0 Å². The molecule has 0 fully saturated rings. The Morgan fingerprint density at radius 3 is 2.67 bits per heavy atom. The molecule has 2 aromatic rings. The largest absolute Gasteiger partial charge is 0.478 e. The van der Waals surface area contributed by atoms with E-state index in [0.717, 1.165) is 18.2 Å². The van der Waals surface area contributed by atoms with E-state index in [9.17, 15) is 13.6 Å². The van der Waals surface area contributed by atoms with Crippen molar-refractivity contribution in [2.24, 2.45) is 0 Å². The van der Waals surface area contributed by atoms with E-state index >= 15 is 0 Å². The molecule has 0 aliphatic carbocycles. The highest BCUT2D eigenvalue weighted by molar-refractivity contribution is 5.84. The number of furan rings is 1. The van der Waals surface area contributed by atoms with Gasteiger partial charge < -0.3 is 9.52 Å². The molecule has 0 saturated carbocycles. The van der Waals surface area contributed by atoms with Crippen LogP contribution in [0.2, 0.25) is 0 Å². The van der Waals surface area contributed by atoms with Crippen molar-refractivity contribution in [3.8, 4) is 11.3 Å². The molecule has 5 heteroatoms. The summed E-state index contributed by atoms with van der Waals surface area (Å²) in [6, 6.07) is 6.11. The molecular formula is C13H8F2O3. The molecule has 0 saturated heterocycles. The molecule has 1 aromatic heterocycles. The third-order valence-corrected chi connectivity index (χ3v) is 2.21. The first-order valence-electron chi connectivity index (χ1n) is 5.02. The summed E-state index contributed by atoms with van der Waals surface area (Å²) in [6.07, 6.45) is 2.15. The topological polar surface area (TPSA) is 50.4 Å². The zero-order valence-corrected chi connectivity index (χ0v) is 9.06. The molecule has 0 spiro atoms. The first kappa shape index (κ1) is 12.0. The predicted molar refractivity (Wildman–Crippen MR) is 60.7 cm³/mol. The van der Waals surface area contributed by atoms with Crippen LogP contribution in [0.4, 0.5) is 8.78 Å². The van der Waals surface area contributed by atoms with E-state index in [1.807, 2.05) is 0 Å². The van der Waals surface area contributed by atoms with Crippen LogP contribution < -0.4 is 0 Å². The van der Waals surface area contributed by atoms with Gasteiger partial charge in [0.25, 0.3) is 0 Å². The summed E-state index contributed by atoms with van der Waals surface area (Å²) in [4.78, 5) is 10.3. The Kier molecular flexibility index (Phi) is 3.23. The average molecular weight is 250 g/mol. The van der Waals surface area contributed by atoms with Crippen LogP contribution in [-0.2, 0) is 4.79 Å². The van der Waals surface area contributed by atoms with E-state index < -0.39 is 17.6 Å². The number of hydrogen-bond acceptors (Lipinski definition) is 2. The third kappa shape index (κ3) is 2.63. The van der Waals surface area contributed by atoms with Gasteiger partial charge in [0.2, 0.25) is 0 Å². The monoisotopic (exact) mass is 250 g/mol. The van der Waals surface area contributed by atoms with Gasteiger partial charge >= 0.3 is 5.97 Å². The molecule has 1 N–H and O–H groups in total. The molecule has 0 aliphatic heterocycles. The van der Waals surface area contributed by atoms with Crippen LogP contribution in [0.3, 0.4) is 0 Å². The average Bonchev–Trinajstić information content (AvgIpc) is 2.75. The molecule has 0 radical (unpaired) electrons. The van der Waals surface area contributed by atoms with Crippen LogP contribution in [0.15, 0.2) is 40.8 Å². The Hall–Kier alpha value is -2.43. The Bertz CT molecular complexity index is 614. The lowest BCUT2D eigenvalue weighted by atomic mass is 10.1. The summed E-state index contributed by atoms with van der Waals surface area (Å²) in [5.41, 5.74) is 0.117. The Balaban J connectivity index is 2.32. The molecule has 18 heavy (non-hydrogen) atoms. The van der Waals surface area contributed by atoms with Crippen molar-refractivity contribution in [3.63, 3.8) is 0 Å². The molecule has 0 amide bonds. The maximum absolute atomic E-state index is 13.4. The van der Waals surface area contributed by atoms with Crippen molar-refractivity contribution in [1.29, 1.82) is 0 Å².